The molecule has 0 saturated heterocycles. The molecule has 0 amide bonds. The van der Waals surface area contributed by atoms with Crippen LogP contribution in [0.25, 0.3) is 49.9 Å². The van der Waals surface area contributed by atoms with Crippen molar-refractivity contribution in [2.75, 3.05) is 9.80 Å². The van der Waals surface area contributed by atoms with Crippen LogP contribution in [-0.4, -0.2) is 9.55 Å². The molecule has 5 nitrogen and oxygen atoms in total. The number of anilines is 4. The van der Waals surface area contributed by atoms with E-state index in [-0.39, 0.29) is 21.1 Å². The fraction of sp³-hybridized carbons (Fsp3) is 0.0769. The summed E-state index contributed by atoms with van der Waals surface area (Å²) in [5, 5.41) is 2.37. The van der Waals surface area contributed by atoms with Gasteiger partial charge < -0.3 is 19.1 Å². The first kappa shape index (κ1) is 44.2. The zero-order chi connectivity index (χ0) is 46.8. The van der Waals surface area contributed by atoms with Crippen molar-refractivity contribution in [2.45, 2.75) is 25.7 Å². The van der Waals surface area contributed by atoms with Crippen molar-refractivity contribution in [1.29, 1.82) is 0 Å². The molecule has 0 radical (unpaired) electrons. The third-order valence-corrected chi connectivity index (χ3v) is 14.0. The first-order chi connectivity index (χ1) is 34.5. The summed E-state index contributed by atoms with van der Waals surface area (Å²) in [6.45, 7) is 6.71. The Bertz CT molecular complexity index is 3640. The molecule has 0 spiro atoms. The predicted molar refractivity (Wildman–Crippen MR) is 286 cm³/mol. The van der Waals surface area contributed by atoms with Gasteiger partial charge in [0.05, 0.1) is 0 Å². The number of aromatic nitrogens is 2. The van der Waals surface area contributed by atoms with Gasteiger partial charge in [0.1, 0.15) is 5.82 Å². The molecule has 9 aromatic carbocycles. The average molecular weight is 1100 g/mol. The van der Waals surface area contributed by atoms with Gasteiger partial charge in [0.15, 0.2) is 0 Å². The molecule has 13 rings (SSSR count). The SMILES string of the molecule is CC(C)Cc1ccnc(-n2c3[c-]c(Oc4[c-]c(N5[CH-]N(c6c(-c7ccccc7)cccc6-c6ccccc6)c6ccccc65)ccc4)cc4c3c3c(cccc32)C4(c2ccccc2)c2ccccc2)c1.[Pt]. The van der Waals surface area contributed by atoms with E-state index in [0.29, 0.717) is 17.4 Å². The molecular formula is C65H47N4OPt-3. The summed E-state index contributed by atoms with van der Waals surface area (Å²) in [7, 11) is 0. The summed E-state index contributed by atoms with van der Waals surface area (Å²) in [5.41, 5.74) is 16.1. The third kappa shape index (κ3) is 7.29. The van der Waals surface area contributed by atoms with E-state index < -0.39 is 5.41 Å². The van der Waals surface area contributed by atoms with Crippen molar-refractivity contribution < 1.29 is 25.8 Å². The number of hydrogen-bond acceptors (Lipinski definition) is 4. The van der Waals surface area contributed by atoms with Gasteiger partial charge in [-0.3, -0.25) is 0 Å². The van der Waals surface area contributed by atoms with Crippen LogP contribution in [0.3, 0.4) is 0 Å². The smallest absolute Gasteiger partial charge is 0.135 e. The monoisotopic (exact) mass is 1090 g/mol. The van der Waals surface area contributed by atoms with Crippen LogP contribution in [0.5, 0.6) is 11.5 Å². The molecule has 0 fully saturated rings. The van der Waals surface area contributed by atoms with E-state index in [0.717, 1.165) is 79.2 Å². The van der Waals surface area contributed by atoms with Crippen molar-refractivity contribution in [1.82, 2.24) is 9.55 Å². The topological polar surface area (TPSA) is 33.5 Å². The maximum absolute atomic E-state index is 7.10. The largest absolute Gasteiger partial charge is 0.509 e. The van der Waals surface area contributed by atoms with Crippen LogP contribution >= 0.6 is 0 Å². The molecule has 11 aromatic rings. The Hall–Kier alpha value is -7.98. The van der Waals surface area contributed by atoms with Crippen LogP contribution in [0.1, 0.15) is 41.7 Å². The fourth-order valence-electron chi connectivity index (χ4n) is 11.2. The summed E-state index contributed by atoms with van der Waals surface area (Å²) >= 11 is 0. The van der Waals surface area contributed by atoms with Gasteiger partial charge in [-0.1, -0.05) is 189 Å². The molecule has 0 bridgehead atoms. The van der Waals surface area contributed by atoms with Gasteiger partial charge in [0, 0.05) is 77.9 Å². The molecule has 0 saturated carbocycles. The summed E-state index contributed by atoms with van der Waals surface area (Å²) in [5.74, 6) is 2.56. The van der Waals surface area contributed by atoms with Gasteiger partial charge in [-0.25, -0.2) is 4.98 Å². The first-order valence-electron chi connectivity index (χ1n) is 24.1. The summed E-state index contributed by atoms with van der Waals surface area (Å²) in [6.07, 6.45) is 2.90. The van der Waals surface area contributed by atoms with Gasteiger partial charge >= 0.3 is 0 Å². The molecule has 0 atom stereocenters. The minimum absolute atomic E-state index is 0. The van der Waals surface area contributed by atoms with Gasteiger partial charge in [-0.05, 0) is 81.4 Å². The normalized spacial score (nSPS) is 13.3. The molecule has 2 aromatic heterocycles. The molecule has 0 N–H and O–H groups in total. The quantitative estimate of drug-likeness (QED) is 0.121. The molecule has 0 unspecified atom stereocenters. The maximum Gasteiger partial charge on any atom is 0.135 e. The van der Waals surface area contributed by atoms with Crippen LogP contribution in [0, 0.1) is 24.7 Å². The molecule has 1 aliphatic carbocycles. The number of fused-ring (bicyclic) bond motifs is 1. The summed E-state index contributed by atoms with van der Waals surface area (Å²) in [4.78, 5) is 9.58. The van der Waals surface area contributed by atoms with Crippen molar-refractivity contribution in [3.63, 3.8) is 0 Å². The molecular weight excluding hydrogens is 1050 g/mol. The molecule has 3 heterocycles. The zero-order valence-corrected chi connectivity index (χ0v) is 41.5. The van der Waals surface area contributed by atoms with Crippen LogP contribution in [0.2, 0.25) is 0 Å². The van der Waals surface area contributed by atoms with Crippen LogP contribution in [0.4, 0.5) is 22.7 Å². The second kappa shape index (κ2) is 18.1. The van der Waals surface area contributed by atoms with Crippen molar-refractivity contribution >= 4 is 44.6 Å². The summed E-state index contributed by atoms with van der Waals surface area (Å²) < 4.78 is 9.39. The van der Waals surface area contributed by atoms with Crippen LogP contribution < -0.4 is 14.5 Å². The van der Waals surface area contributed by atoms with Gasteiger partial charge in [-0.2, -0.15) is 6.07 Å². The van der Waals surface area contributed by atoms with E-state index in [9.17, 15) is 0 Å². The van der Waals surface area contributed by atoms with E-state index in [1.165, 1.54) is 27.6 Å². The van der Waals surface area contributed by atoms with Crippen molar-refractivity contribution in [3.05, 3.63) is 271 Å². The van der Waals surface area contributed by atoms with E-state index in [2.05, 4.69) is 259 Å². The van der Waals surface area contributed by atoms with E-state index >= 15 is 0 Å². The van der Waals surface area contributed by atoms with Gasteiger partial charge in [-0.15, -0.1) is 48.3 Å². The Morgan fingerprint density at radius 2 is 1.14 bits per heavy atom. The number of benzene rings is 9. The fourth-order valence-corrected chi connectivity index (χ4v) is 11.2. The number of para-hydroxylation sites is 3. The summed E-state index contributed by atoms with van der Waals surface area (Å²) in [6, 6.07) is 85.3. The molecule has 346 valence electrons. The van der Waals surface area contributed by atoms with Gasteiger partial charge in [0.25, 0.3) is 0 Å². The van der Waals surface area contributed by atoms with Crippen molar-refractivity contribution in [3.8, 4) is 39.6 Å². The van der Waals surface area contributed by atoms with Crippen LogP contribution in [0.15, 0.2) is 225 Å². The van der Waals surface area contributed by atoms with Crippen LogP contribution in [-0.2, 0) is 32.9 Å². The number of pyridine rings is 1. The Balaban J connectivity index is 0.00000517. The standard InChI is InChI=1S/C65H47N4O.Pt/c1-44(2)38-45-36-37-66-61(39-45)69-59-35-19-32-55-62(59)63-56(65(55,48-24-11-5-12-25-48)49-26-13-6-14-27-49)41-52(42-60(63)69)70-51-29-17-28-50(40-51)67-43-68(58-34-16-15-33-57(58)67)64-53(46-20-7-3-8-21-46)30-18-31-54(64)47-22-9-4-10-23-47;/h3-37,39,41,43-44H,38H2,1-2H3;/q-3;. The van der Waals surface area contributed by atoms with E-state index in [4.69, 9.17) is 9.72 Å². The average Bonchev–Trinajstić information content (AvgIpc) is 4.07. The first-order valence-corrected chi connectivity index (χ1v) is 24.1. The van der Waals surface area contributed by atoms with E-state index in [1.807, 2.05) is 12.3 Å². The second-order valence-electron chi connectivity index (χ2n) is 18.7. The number of rotatable bonds is 11. The second-order valence-corrected chi connectivity index (χ2v) is 18.7. The minimum Gasteiger partial charge on any atom is -0.509 e. The molecule has 2 aliphatic rings. The van der Waals surface area contributed by atoms with Gasteiger partial charge in [0.2, 0.25) is 0 Å². The minimum atomic E-state index is -0.623. The molecule has 71 heavy (non-hydrogen) atoms. The molecule has 1 aliphatic heterocycles. The Kier molecular flexibility index (Phi) is 11.3. The predicted octanol–water partition coefficient (Wildman–Crippen LogP) is 16.2. The van der Waals surface area contributed by atoms with E-state index in [1.54, 1.807) is 0 Å². The number of ether oxygens (including phenoxy) is 1. The Morgan fingerprint density at radius 1 is 0.549 bits per heavy atom. The molecule has 6 heteroatoms. The Labute approximate surface area is 429 Å². The zero-order valence-electron chi connectivity index (χ0n) is 39.2. The maximum atomic E-state index is 7.10. The number of hydrogen-bond donors (Lipinski definition) is 0. The Morgan fingerprint density at radius 3 is 1.79 bits per heavy atom. The number of nitrogens with zero attached hydrogens (tertiary/aromatic N) is 4. The third-order valence-electron chi connectivity index (χ3n) is 14.0. The van der Waals surface area contributed by atoms with Crippen molar-refractivity contribution in [2.24, 2.45) is 5.92 Å².